The first kappa shape index (κ1) is 63.6. The molecular formula is C58H70N12O13S. The number of hydrogen-bond acceptors (Lipinski definition) is 16. The predicted octanol–water partition coefficient (Wildman–Crippen LogP) is 1.99. The van der Waals surface area contributed by atoms with E-state index in [2.05, 4.69) is 58.2 Å². The Morgan fingerprint density at radius 3 is 1.82 bits per heavy atom. The largest absolute Gasteiger partial charge is 0.508 e. The molecule has 25 nitrogen and oxygen atoms in total. The molecule has 0 saturated heterocycles. The lowest BCUT2D eigenvalue weighted by atomic mass is 9.98. The average molecular weight is 1180 g/mol. The second kappa shape index (κ2) is 29.4. The summed E-state index contributed by atoms with van der Waals surface area (Å²) >= 11 is 1.22. The molecule has 0 saturated carbocycles. The summed E-state index contributed by atoms with van der Waals surface area (Å²) in [6.07, 6.45) is -1.75. The molecular weight excluding hydrogens is 1100 g/mol. The molecule has 446 valence electrons. The van der Waals surface area contributed by atoms with Gasteiger partial charge in [-0.15, -0.1) is 11.3 Å². The lowest BCUT2D eigenvalue weighted by Gasteiger charge is -2.24. The minimum absolute atomic E-state index is 0.0232. The van der Waals surface area contributed by atoms with E-state index >= 15 is 0 Å². The molecule has 0 fully saturated rings. The van der Waals surface area contributed by atoms with Crippen molar-refractivity contribution in [3.05, 3.63) is 136 Å². The lowest BCUT2D eigenvalue weighted by molar-refractivity contribution is -0.135. The fourth-order valence-electron chi connectivity index (χ4n) is 8.59. The van der Waals surface area contributed by atoms with Crippen LogP contribution in [0.3, 0.4) is 0 Å². The van der Waals surface area contributed by atoms with Crippen molar-refractivity contribution < 1.29 is 62.5 Å². The van der Waals surface area contributed by atoms with E-state index in [1.807, 2.05) is 61.5 Å². The molecule has 6 atom stereocenters. The van der Waals surface area contributed by atoms with Gasteiger partial charge >= 0.3 is 12.2 Å². The maximum atomic E-state index is 13.7. The number of phenolic OH excluding ortho intramolecular Hbond substituents is 1. The highest BCUT2D eigenvalue weighted by Crippen LogP contribution is 2.44. The third kappa shape index (κ3) is 19.0. The quantitative estimate of drug-likeness (QED) is 0.0352. The van der Waals surface area contributed by atoms with Crippen molar-refractivity contribution in [3.63, 3.8) is 0 Å². The molecule has 6 rings (SSSR count). The van der Waals surface area contributed by atoms with Crippen LogP contribution in [0.2, 0.25) is 0 Å². The number of aromatic hydroxyl groups is 1. The van der Waals surface area contributed by atoms with Crippen molar-refractivity contribution in [1.29, 1.82) is 0 Å². The molecule has 4 aromatic carbocycles. The number of alkyl carbamates (subject to hydrolysis) is 2. The van der Waals surface area contributed by atoms with E-state index in [0.717, 1.165) is 32.7 Å². The second-order valence-electron chi connectivity index (χ2n) is 20.8. The molecule has 13 N–H and O–H groups in total. The summed E-state index contributed by atoms with van der Waals surface area (Å²) in [5.74, 6) is -7.36. The zero-order chi connectivity index (χ0) is 61.3. The van der Waals surface area contributed by atoms with Crippen LogP contribution < -0.4 is 58.9 Å². The molecule has 1 aliphatic carbocycles. The average Bonchev–Trinajstić information content (AvgIpc) is 2.74. The fourth-order valence-corrected chi connectivity index (χ4v) is 9.42. The Labute approximate surface area is 488 Å². The SMILES string of the molecule is Cc1ccc(O)c(Cc2cnc(NCC(=O)N[C@H](NC(=O)CNC(=O)[C@H](C)NC(=O)[C@H](C)NC(=O)[C@H](C)NC(=O)[C@H](CNC(=O)OC(C)(C)C)NC(=O)OCC3c4ccccc4-c4ccccc43)C(=O)N[C@@H](Cc3ccccc3)C(N)=O)s2)c1. The summed E-state index contributed by atoms with van der Waals surface area (Å²) in [5, 5.41) is 35.2. The molecule has 84 heavy (non-hydrogen) atoms. The highest BCUT2D eigenvalue weighted by atomic mass is 32.1. The number of aryl methyl sites for hydroxylation is 1. The second-order valence-corrected chi connectivity index (χ2v) is 21.9. The summed E-state index contributed by atoms with van der Waals surface area (Å²) in [6, 6.07) is 22.6. The number of phenols is 1. The van der Waals surface area contributed by atoms with Gasteiger partial charge in [0.05, 0.1) is 19.6 Å². The number of amides is 10. The number of benzene rings is 4. The van der Waals surface area contributed by atoms with Gasteiger partial charge in [-0.05, 0) is 87.9 Å². The molecule has 1 aromatic heterocycles. The number of carbonyl (C=O) groups excluding carboxylic acids is 10. The maximum Gasteiger partial charge on any atom is 0.407 e. The summed E-state index contributed by atoms with van der Waals surface area (Å²) < 4.78 is 10.9. The molecule has 0 spiro atoms. The van der Waals surface area contributed by atoms with Crippen molar-refractivity contribution in [1.82, 2.24) is 52.8 Å². The smallest absolute Gasteiger partial charge is 0.407 e. The molecule has 1 aliphatic rings. The van der Waals surface area contributed by atoms with Gasteiger partial charge in [0.15, 0.2) is 11.3 Å². The number of ether oxygens (including phenoxy) is 2. The fraction of sp³-hybridized carbons (Fsp3) is 0.362. The summed E-state index contributed by atoms with van der Waals surface area (Å²) in [4.78, 5) is 137. The van der Waals surface area contributed by atoms with Crippen molar-refractivity contribution in [2.45, 2.75) is 109 Å². The van der Waals surface area contributed by atoms with Crippen LogP contribution in [-0.4, -0.2) is 138 Å². The number of primary amides is 1. The van der Waals surface area contributed by atoms with Crippen LogP contribution >= 0.6 is 11.3 Å². The Balaban J connectivity index is 0.996. The minimum atomic E-state index is -1.80. The number of nitrogens with zero attached hydrogens (tertiary/aromatic N) is 1. The van der Waals surface area contributed by atoms with E-state index in [1.165, 1.54) is 32.1 Å². The standard InChI is InChI=1S/C58H70N12O13S/c1-31-21-22-45(71)36(23-31)25-37-26-61-55(84-37)62-29-47(73)70-49(54(79)67-43(48(59)74)24-35-15-9-8-10-16-35)69-46(72)28-60-50(75)32(2)64-51(76)33(3)65-52(77)34(4)66-53(78)44(27-63-56(80)83-58(5,6)7)68-57(81)82-30-42-40-19-13-11-17-38(40)39-18-12-14-20-41(39)42/h8-23,26,32-34,42-44,49,71H,24-25,27-30H2,1-7H3,(H2,59,74)(H,60,75)(H,61,62)(H,63,80)(H,64,76)(H,65,77)(H,66,78)(H,67,79)(H,68,81)(H,69,72)(H,70,73)/t32-,33-,34-,43-,44-,49-/m0/s1. The van der Waals surface area contributed by atoms with E-state index in [9.17, 15) is 53.1 Å². The van der Waals surface area contributed by atoms with Crippen LogP contribution in [0.1, 0.15) is 80.2 Å². The summed E-state index contributed by atoms with van der Waals surface area (Å²) in [7, 11) is 0. The molecule has 0 aliphatic heterocycles. The predicted molar refractivity (Wildman–Crippen MR) is 310 cm³/mol. The van der Waals surface area contributed by atoms with Crippen LogP contribution in [0.5, 0.6) is 5.75 Å². The molecule has 0 bridgehead atoms. The Morgan fingerprint density at radius 2 is 1.21 bits per heavy atom. The van der Waals surface area contributed by atoms with E-state index in [4.69, 9.17) is 15.2 Å². The van der Waals surface area contributed by atoms with Gasteiger partial charge in [-0.3, -0.25) is 38.4 Å². The molecule has 26 heteroatoms. The Morgan fingerprint density at radius 1 is 0.643 bits per heavy atom. The third-order valence-electron chi connectivity index (χ3n) is 12.8. The number of rotatable bonds is 26. The van der Waals surface area contributed by atoms with Crippen molar-refractivity contribution >= 4 is 75.9 Å². The molecule has 5 aromatic rings. The van der Waals surface area contributed by atoms with Crippen molar-refractivity contribution in [2.75, 3.05) is 31.6 Å². The van der Waals surface area contributed by atoms with Gasteiger partial charge in [-0.1, -0.05) is 96.6 Å². The van der Waals surface area contributed by atoms with Gasteiger partial charge in [0.1, 0.15) is 48.2 Å². The van der Waals surface area contributed by atoms with E-state index < -0.39 is 121 Å². The number of nitrogens with two attached hydrogens (primary N) is 1. The monoisotopic (exact) mass is 1170 g/mol. The number of anilines is 1. The van der Waals surface area contributed by atoms with Crippen LogP contribution in [0, 0.1) is 6.92 Å². The van der Waals surface area contributed by atoms with Crippen LogP contribution in [-0.2, 0) is 60.7 Å². The number of aromatic nitrogens is 1. The summed E-state index contributed by atoms with van der Waals surface area (Å²) in [5.41, 5.74) is 10.9. The molecule has 1 heterocycles. The Kier molecular flexibility index (Phi) is 22.3. The number of carbonyl (C=O) groups is 10. The Bertz CT molecular complexity index is 3180. The highest BCUT2D eigenvalue weighted by Gasteiger charge is 2.33. The van der Waals surface area contributed by atoms with Gasteiger partial charge in [-0.25, -0.2) is 14.6 Å². The zero-order valence-electron chi connectivity index (χ0n) is 47.4. The number of nitrogens with one attached hydrogen (secondary N) is 10. The van der Waals surface area contributed by atoms with Gasteiger partial charge in [0.25, 0.3) is 5.91 Å². The number of fused-ring (bicyclic) bond motifs is 3. The number of hydrogen-bond donors (Lipinski definition) is 12. The van der Waals surface area contributed by atoms with Crippen molar-refractivity contribution in [2.24, 2.45) is 5.73 Å². The van der Waals surface area contributed by atoms with Crippen LogP contribution in [0.15, 0.2) is 103 Å². The zero-order valence-corrected chi connectivity index (χ0v) is 48.2. The normalized spacial score (nSPS) is 13.7. The first-order chi connectivity index (χ1) is 39.8. The summed E-state index contributed by atoms with van der Waals surface area (Å²) in [6.45, 7) is 8.95. The van der Waals surface area contributed by atoms with Gasteiger partial charge in [-0.2, -0.15) is 0 Å². The van der Waals surface area contributed by atoms with Crippen LogP contribution in [0.25, 0.3) is 11.1 Å². The maximum absolute atomic E-state index is 13.7. The van der Waals surface area contributed by atoms with E-state index in [-0.39, 0.29) is 24.7 Å². The van der Waals surface area contributed by atoms with Gasteiger partial charge < -0.3 is 73.5 Å². The molecule has 0 radical (unpaired) electrons. The third-order valence-corrected chi connectivity index (χ3v) is 13.8. The lowest BCUT2D eigenvalue weighted by Crippen LogP contribution is -2.61. The first-order valence-electron chi connectivity index (χ1n) is 26.8. The van der Waals surface area contributed by atoms with Gasteiger partial charge in [0, 0.05) is 29.8 Å². The molecule has 10 amide bonds. The van der Waals surface area contributed by atoms with Gasteiger partial charge in [0.2, 0.25) is 41.4 Å². The minimum Gasteiger partial charge on any atom is -0.508 e. The van der Waals surface area contributed by atoms with E-state index in [1.54, 1.807) is 69.4 Å². The van der Waals surface area contributed by atoms with Crippen molar-refractivity contribution in [3.8, 4) is 16.9 Å². The van der Waals surface area contributed by atoms with Crippen LogP contribution in [0.4, 0.5) is 14.7 Å². The topological polar surface area (TPSA) is 369 Å². The first-order valence-corrected chi connectivity index (χ1v) is 27.6. The Hall–Kier alpha value is -9.59. The van der Waals surface area contributed by atoms with E-state index in [0.29, 0.717) is 22.7 Å². The molecule has 0 unspecified atom stereocenters. The number of thiazole rings is 1. The highest BCUT2D eigenvalue weighted by molar-refractivity contribution is 7.15.